The molecule has 2 aromatic rings. The van der Waals surface area contributed by atoms with Crippen molar-refractivity contribution in [2.75, 3.05) is 6.26 Å². The first-order valence-electron chi connectivity index (χ1n) is 3.91. The van der Waals surface area contributed by atoms with E-state index in [9.17, 15) is 0 Å². The summed E-state index contributed by atoms with van der Waals surface area (Å²) in [6.07, 6.45) is 2.05. The van der Waals surface area contributed by atoms with Crippen LogP contribution < -0.4 is 0 Å². The molecule has 0 bridgehead atoms. The molecule has 0 spiro atoms. The van der Waals surface area contributed by atoms with E-state index in [2.05, 4.69) is 28.1 Å². The van der Waals surface area contributed by atoms with Gasteiger partial charge in [-0.05, 0) is 18.4 Å². The van der Waals surface area contributed by atoms with E-state index in [-0.39, 0.29) is 0 Å². The normalized spacial score (nSPS) is 10.4. The van der Waals surface area contributed by atoms with Crippen molar-refractivity contribution >= 4 is 49.1 Å². The number of hydrogen-bond acceptors (Lipinski definition) is 3. The van der Waals surface area contributed by atoms with Crippen molar-refractivity contribution in [1.29, 1.82) is 5.26 Å². The molecule has 14 heavy (non-hydrogen) atoms. The van der Waals surface area contributed by atoms with E-state index >= 15 is 0 Å². The van der Waals surface area contributed by atoms with Gasteiger partial charge in [0.05, 0.1) is 5.56 Å². The van der Waals surface area contributed by atoms with Crippen LogP contribution in [0.25, 0.3) is 10.1 Å². The van der Waals surface area contributed by atoms with E-state index in [1.807, 2.05) is 17.7 Å². The number of rotatable bonds is 1. The summed E-state index contributed by atoms with van der Waals surface area (Å²) in [7, 11) is 0. The summed E-state index contributed by atoms with van der Waals surface area (Å²) in [4.78, 5) is 1.22. The third-order valence-corrected chi connectivity index (χ3v) is 4.32. The van der Waals surface area contributed by atoms with Crippen molar-refractivity contribution in [3.63, 3.8) is 0 Å². The lowest BCUT2D eigenvalue weighted by molar-refractivity contribution is 1.51. The number of fused-ring (bicyclic) bond motifs is 1. The van der Waals surface area contributed by atoms with Gasteiger partial charge in [0.25, 0.3) is 0 Å². The van der Waals surface area contributed by atoms with E-state index in [1.54, 1.807) is 23.1 Å². The number of nitrogens with zero attached hydrogens (tertiary/aromatic N) is 1. The quantitative estimate of drug-likeness (QED) is 0.731. The second-order valence-corrected chi connectivity index (χ2v) is 5.39. The molecule has 1 nitrogen and oxygen atoms in total. The Morgan fingerprint density at radius 3 is 2.93 bits per heavy atom. The maximum Gasteiger partial charge on any atom is 0.101 e. The van der Waals surface area contributed by atoms with Crippen LogP contribution >= 0.6 is 39.0 Å². The summed E-state index contributed by atoms with van der Waals surface area (Å²) in [5, 5.41) is 11.9. The Labute approximate surface area is 98.9 Å². The lowest BCUT2D eigenvalue weighted by Crippen LogP contribution is -1.74. The van der Waals surface area contributed by atoms with Gasteiger partial charge in [0, 0.05) is 24.8 Å². The van der Waals surface area contributed by atoms with Crippen LogP contribution in [-0.2, 0) is 0 Å². The molecule has 0 N–H and O–H groups in total. The minimum atomic E-state index is 0.765. The highest BCUT2D eigenvalue weighted by molar-refractivity contribution is 9.10. The minimum Gasteiger partial charge on any atom is -0.192 e. The smallest absolute Gasteiger partial charge is 0.101 e. The fraction of sp³-hybridized carbons (Fsp3) is 0.100. The largest absolute Gasteiger partial charge is 0.192 e. The Kier molecular flexibility index (Phi) is 2.82. The van der Waals surface area contributed by atoms with Crippen molar-refractivity contribution in [2.45, 2.75) is 4.90 Å². The number of benzene rings is 1. The molecule has 0 saturated carbocycles. The topological polar surface area (TPSA) is 23.8 Å². The average molecular weight is 284 g/mol. The van der Waals surface area contributed by atoms with Crippen LogP contribution in [0, 0.1) is 11.3 Å². The van der Waals surface area contributed by atoms with Crippen molar-refractivity contribution in [2.24, 2.45) is 0 Å². The summed E-state index contributed by atoms with van der Waals surface area (Å²) in [6, 6.07) is 6.30. The van der Waals surface area contributed by atoms with Crippen LogP contribution in [-0.4, -0.2) is 6.26 Å². The molecule has 1 heterocycles. The monoisotopic (exact) mass is 283 g/mol. The predicted octanol–water partition coefficient (Wildman–Crippen LogP) is 4.26. The molecule has 0 aliphatic rings. The molecule has 70 valence electrons. The zero-order valence-corrected chi connectivity index (χ0v) is 10.6. The van der Waals surface area contributed by atoms with Crippen LogP contribution in [0.15, 0.2) is 26.9 Å². The van der Waals surface area contributed by atoms with Crippen LogP contribution in [0.2, 0.25) is 0 Å². The Balaban J connectivity index is 2.85. The molecule has 0 amide bonds. The third kappa shape index (κ3) is 1.56. The van der Waals surface area contributed by atoms with Crippen molar-refractivity contribution in [3.8, 4) is 6.07 Å². The maximum atomic E-state index is 8.91. The Hall–Kier alpha value is -0.500. The maximum absolute atomic E-state index is 8.91. The first-order valence-corrected chi connectivity index (χ1v) is 6.81. The lowest BCUT2D eigenvalue weighted by atomic mass is 10.2. The van der Waals surface area contributed by atoms with Gasteiger partial charge in [-0.3, -0.25) is 0 Å². The summed E-state index contributed by atoms with van der Waals surface area (Å²) in [6.45, 7) is 0. The molecule has 0 saturated heterocycles. The van der Waals surface area contributed by atoms with Crippen LogP contribution in [0.1, 0.15) is 5.56 Å². The van der Waals surface area contributed by atoms with E-state index in [1.165, 1.54) is 9.60 Å². The van der Waals surface area contributed by atoms with Gasteiger partial charge in [0.2, 0.25) is 0 Å². The molecular weight excluding hydrogens is 278 g/mol. The van der Waals surface area contributed by atoms with Gasteiger partial charge < -0.3 is 0 Å². The second kappa shape index (κ2) is 3.93. The third-order valence-electron chi connectivity index (χ3n) is 1.94. The van der Waals surface area contributed by atoms with Gasteiger partial charge in [-0.15, -0.1) is 23.1 Å². The summed E-state index contributed by atoms with van der Waals surface area (Å²) in [5.74, 6) is 0. The number of hydrogen-bond donors (Lipinski definition) is 0. The van der Waals surface area contributed by atoms with Crippen LogP contribution in [0.5, 0.6) is 0 Å². The number of nitriles is 1. The first-order chi connectivity index (χ1) is 6.76. The first kappa shape index (κ1) is 10.0. The molecule has 0 radical (unpaired) electrons. The van der Waals surface area contributed by atoms with E-state index in [0.717, 1.165) is 15.4 Å². The minimum absolute atomic E-state index is 0.765. The molecule has 2 rings (SSSR count). The summed E-state index contributed by atoms with van der Waals surface area (Å²) < 4.78 is 2.24. The predicted molar refractivity (Wildman–Crippen MR) is 66.0 cm³/mol. The molecule has 0 aliphatic carbocycles. The average Bonchev–Trinajstić information content (AvgIpc) is 2.59. The highest BCUT2D eigenvalue weighted by Crippen LogP contribution is 2.36. The fourth-order valence-electron chi connectivity index (χ4n) is 1.31. The SMILES string of the molecule is CSc1cc(Br)cc2c(C#N)csc12. The van der Waals surface area contributed by atoms with E-state index in [0.29, 0.717) is 0 Å². The van der Waals surface area contributed by atoms with Gasteiger partial charge in [-0.2, -0.15) is 5.26 Å². The molecule has 4 heteroatoms. The van der Waals surface area contributed by atoms with Gasteiger partial charge >= 0.3 is 0 Å². The molecule has 0 unspecified atom stereocenters. The second-order valence-electron chi connectivity index (χ2n) is 2.75. The van der Waals surface area contributed by atoms with Crippen LogP contribution in [0.4, 0.5) is 0 Å². The van der Waals surface area contributed by atoms with Crippen molar-refractivity contribution in [3.05, 3.63) is 27.5 Å². The number of halogens is 1. The Morgan fingerprint density at radius 1 is 1.50 bits per heavy atom. The number of thiophene rings is 1. The zero-order valence-electron chi connectivity index (χ0n) is 7.37. The zero-order chi connectivity index (χ0) is 10.1. The number of thioether (sulfide) groups is 1. The van der Waals surface area contributed by atoms with E-state index in [4.69, 9.17) is 5.26 Å². The highest BCUT2D eigenvalue weighted by Gasteiger charge is 2.08. The van der Waals surface area contributed by atoms with Crippen molar-refractivity contribution in [1.82, 2.24) is 0 Å². The molecular formula is C10H6BrNS2. The molecule has 0 atom stereocenters. The molecule has 1 aromatic carbocycles. The highest BCUT2D eigenvalue weighted by atomic mass is 79.9. The van der Waals surface area contributed by atoms with Gasteiger partial charge in [-0.25, -0.2) is 0 Å². The summed E-state index contributed by atoms with van der Waals surface area (Å²) >= 11 is 6.80. The molecule has 1 aromatic heterocycles. The van der Waals surface area contributed by atoms with E-state index < -0.39 is 0 Å². The molecule has 0 fully saturated rings. The fourth-order valence-corrected chi connectivity index (χ4v) is 3.74. The van der Waals surface area contributed by atoms with Gasteiger partial charge in [-0.1, -0.05) is 15.9 Å². The Morgan fingerprint density at radius 2 is 2.29 bits per heavy atom. The van der Waals surface area contributed by atoms with Crippen molar-refractivity contribution < 1.29 is 0 Å². The van der Waals surface area contributed by atoms with Gasteiger partial charge in [0.15, 0.2) is 0 Å². The molecule has 0 aliphatic heterocycles. The standard InChI is InChI=1S/C10H6BrNS2/c1-13-9-3-7(11)2-8-6(4-12)5-14-10(8)9/h2-3,5H,1H3. The lowest BCUT2D eigenvalue weighted by Gasteiger charge is -1.99. The Bertz CT molecular complexity index is 525. The van der Waals surface area contributed by atoms with Crippen LogP contribution in [0.3, 0.4) is 0 Å². The summed E-state index contributed by atoms with van der Waals surface area (Å²) in [5.41, 5.74) is 0.765. The van der Waals surface area contributed by atoms with Gasteiger partial charge in [0.1, 0.15) is 6.07 Å².